The molecule has 1 aromatic carbocycles. The zero-order valence-electron chi connectivity index (χ0n) is 7.44. The van der Waals surface area contributed by atoms with Crippen LogP contribution in [0.3, 0.4) is 0 Å². The summed E-state index contributed by atoms with van der Waals surface area (Å²) in [6, 6.07) is 4.96. The topological polar surface area (TPSA) is 0 Å². The first-order chi connectivity index (χ1) is 6.67. The van der Waals surface area contributed by atoms with Crippen LogP contribution in [0.4, 0.5) is 4.39 Å². The minimum atomic E-state index is -0.248. The molecule has 0 saturated carbocycles. The van der Waals surface area contributed by atoms with Crippen LogP contribution in [0, 0.1) is 11.7 Å². The Kier molecular flexibility index (Phi) is 5.21. The van der Waals surface area contributed by atoms with Gasteiger partial charge in [-0.15, -0.1) is 23.2 Å². The molecular weight excluding hydrogens is 290 g/mol. The summed E-state index contributed by atoms with van der Waals surface area (Å²) in [6.07, 6.45) is 0.784. The molecule has 0 nitrogen and oxygen atoms in total. The molecule has 0 bridgehead atoms. The van der Waals surface area contributed by atoms with Crippen LogP contribution in [-0.4, -0.2) is 11.8 Å². The van der Waals surface area contributed by atoms with E-state index in [1.807, 2.05) is 0 Å². The molecule has 0 aliphatic heterocycles. The van der Waals surface area contributed by atoms with Gasteiger partial charge in [0.25, 0.3) is 0 Å². The number of hydrogen-bond acceptors (Lipinski definition) is 0. The maximum absolute atomic E-state index is 12.9. The third-order valence-electron chi connectivity index (χ3n) is 1.94. The van der Waals surface area contributed by atoms with E-state index >= 15 is 0 Å². The first kappa shape index (κ1) is 12.3. The van der Waals surface area contributed by atoms with Gasteiger partial charge >= 0.3 is 0 Å². The minimum Gasteiger partial charge on any atom is -0.206 e. The second kappa shape index (κ2) is 5.94. The highest BCUT2D eigenvalue weighted by atomic mass is 79.9. The first-order valence-electron chi connectivity index (χ1n) is 4.23. The lowest BCUT2D eigenvalue weighted by molar-refractivity contribution is 0.616. The average molecular weight is 300 g/mol. The normalized spacial score (nSPS) is 10.9. The number of hydrogen-bond donors (Lipinski definition) is 0. The molecule has 0 N–H and O–H groups in total. The fourth-order valence-corrected chi connectivity index (χ4v) is 2.12. The van der Waals surface area contributed by atoms with Gasteiger partial charge in [0.1, 0.15) is 5.82 Å². The van der Waals surface area contributed by atoms with E-state index < -0.39 is 0 Å². The quantitative estimate of drug-likeness (QED) is 0.730. The average Bonchev–Trinajstić information content (AvgIpc) is 2.19. The Morgan fingerprint density at radius 1 is 1.29 bits per heavy atom. The highest BCUT2D eigenvalue weighted by molar-refractivity contribution is 9.10. The lowest BCUT2D eigenvalue weighted by Crippen LogP contribution is -2.08. The first-order valence-corrected chi connectivity index (χ1v) is 6.09. The number of rotatable bonds is 4. The predicted molar refractivity (Wildman–Crippen MR) is 62.7 cm³/mol. The van der Waals surface area contributed by atoms with Crippen molar-refractivity contribution in [3.63, 3.8) is 0 Å². The highest BCUT2D eigenvalue weighted by Gasteiger charge is 2.08. The lowest BCUT2D eigenvalue weighted by Gasteiger charge is -2.10. The van der Waals surface area contributed by atoms with Crippen molar-refractivity contribution in [3.8, 4) is 0 Å². The maximum Gasteiger partial charge on any atom is 0.137 e. The monoisotopic (exact) mass is 298 g/mol. The second-order valence-corrected chi connectivity index (χ2v) is 4.60. The lowest BCUT2D eigenvalue weighted by atomic mass is 10.0. The van der Waals surface area contributed by atoms with Crippen LogP contribution >= 0.6 is 39.1 Å². The van der Waals surface area contributed by atoms with Crippen LogP contribution in [0.1, 0.15) is 5.56 Å². The van der Waals surface area contributed by atoms with Crippen molar-refractivity contribution in [3.05, 3.63) is 34.1 Å². The summed E-state index contributed by atoms with van der Waals surface area (Å²) >= 11 is 14.6. The van der Waals surface area contributed by atoms with E-state index in [2.05, 4.69) is 15.9 Å². The fraction of sp³-hybridized carbons (Fsp3) is 0.400. The Morgan fingerprint density at radius 3 is 2.43 bits per heavy atom. The maximum atomic E-state index is 12.9. The Morgan fingerprint density at radius 2 is 1.93 bits per heavy atom. The van der Waals surface area contributed by atoms with Crippen molar-refractivity contribution in [2.24, 2.45) is 5.92 Å². The molecule has 14 heavy (non-hydrogen) atoms. The van der Waals surface area contributed by atoms with Gasteiger partial charge in [0.15, 0.2) is 0 Å². The van der Waals surface area contributed by atoms with E-state index in [1.54, 1.807) is 12.1 Å². The summed E-state index contributed by atoms with van der Waals surface area (Å²) in [5.41, 5.74) is 1.05. The van der Waals surface area contributed by atoms with Crippen molar-refractivity contribution in [2.75, 3.05) is 11.8 Å². The van der Waals surface area contributed by atoms with E-state index in [9.17, 15) is 4.39 Å². The standard InChI is InChI=1S/C10H10BrCl2F/c11-9-4-7(1-2-10(9)14)3-8(5-12)6-13/h1-2,4,8H,3,5-6H2. The van der Waals surface area contributed by atoms with E-state index in [0.29, 0.717) is 16.2 Å². The molecule has 0 unspecified atom stereocenters. The van der Waals surface area contributed by atoms with Gasteiger partial charge < -0.3 is 0 Å². The van der Waals surface area contributed by atoms with Crippen molar-refractivity contribution in [2.45, 2.75) is 6.42 Å². The van der Waals surface area contributed by atoms with Crippen molar-refractivity contribution < 1.29 is 4.39 Å². The fourth-order valence-electron chi connectivity index (χ4n) is 1.15. The van der Waals surface area contributed by atoms with Gasteiger partial charge in [-0.2, -0.15) is 0 Å². The van der Waals surface area contributed by atoms with Crippen LogP contribution in [0.25, 0.3) is 0 Å². The molecule has 0 amide bonds. The molecule has 0 fully saturated rings. The number of alkyl halides is 2. The molecule has 0 radical (unpaired) electrons. The SMILES string of the molecule is Fc1ccc(CC(CCl)CCl)cc1Br. The molecule has 4 heteroatoms. The van der Waals surface area contributed by atoms with Gasteiger partial charge in [0.05, 0.1) is 4.47 Å². The highest BCUT2D eigenvalue weighted by Crippen LogP contribution is 2.19. The summed E-state index contributed by atoms with van der Waals surface area (Å²) in [6.45, 7) is 0. The zero-order valence-corrected chi connectivity index (χ0v) is 10.5. The van der Waals surface area contributed by atoms with Gasteiger partial charge in [0, 0.05) is 11.8 Å². The Balaban J connectivity index is 2.72. The van der Waals surface area contributed by atoms with Crippen LogP contribution in [0.15, 0.2) is 22.7 Å². The van der Waals surface area contributed by atoms with Crippen molar-refractivity contribution in [1.82, 2.24) is 0 Å². The number of benzene rings is 1. The summed E-state index contributed by atoms with van der Waals surface area (Å²) < 4.78 is 13.4. The van der Waals surface area contributed by atoms with Crippen LogP contribution < -0.4 is 0 Å². The van der Waals surface area contributed by atoms with Crippen LogP contribution in [0.5, 0.6) is 0 Å². The molecule has 0 saturated heterocycles. The molecule has 0 aliphatic carbocycles. The summed E-state index contributed by atoms with van der Waals surface area (Å²) in [4.78, 5) is 0. The van der Waals surface area contributed by atoms with E-state index in [0.717, 1.165) is 12.0 Å². The molecule has 0 aliphatic rings. The van der Waals surface area contributed by atoms with Crippen molar-refractivity contribution >= 4 is 39.1 Å². The Labute approximate surface area is 102 Å². The Bertz CT molecular complexity index is 300. The van der Waals surface area contributed by atoms with Crippen LogP contribution in [0.2, 0.25) is 0 Å². The third-order valence-corrected chi connectivity index (χ3v) is 3.43. The molecule has 0 aromatic heterocycles. The number of halogens is 4. The zero-order chi connectivity index (χ0) is 10.6. The smallest absolute Gasteiger partial charge is 0.137 e. The summed E-state index contributed by atoms with van der Waals surface area (Å²) in [7, 11) is 0. The van der Waals surface area contributed by atoms with Crippen LogP contribution in [-0.2, 0) is 6.42 Å². The van der Waals surface area contributed by atoms with Gasteiger partial charge in [0.2, 0.25) is 0 Å². The van der Waals surface area contributed by atoms with E-state index in [4.69, 9.17) is 23.2 Å². The summed E-state index contributed by atoms with van der Waals surface area (Å²) in [5.74, 6) is 1.05. The third kappa shape index (κ3) is 3.41. The Hall–Kier alpha value is 0.210. The van der Waals surface area contributed by atoms with Gasteiger partial charge in [-0.3, -0.25) is 0 Å². The van der Waals surface area contributed by atoms with Gasteiger partial charge in [-0.25, -0.2) is 4.39 Å². The molecular formula is C10H10BrCl2F. The largest absolute Gasteiger partial charge is 0.206 e. The molecule has 0 atom stereocenters. The van der Waals surface area contributed by atoms with E-state index in [-0.39, 0.29) is 11.7 Å². The molecule has 0 spiro atoms. The molecule has 1 rings (SSSR count). The van der Waals surface area contributed by atoms with Crippen molar-refractivity contribution in [1.29, 1.82) is 0 Å². The molecule has 78 valence electrons. The molecule has 1 aromatic rings. The summed E-state index contributed by atoms with van der Waals surface area (Å²) in [5, 5.41) is 0. The van der Waals surface area contributed by atoms with Gasteiger partial charge in [-0.05, 0) is 46.0 Å². The van der Waals surface area contributed by atoms with Gasteiger partial charge in [-0.1, -0.05) is 6.07 Å². The second-order valence-electron chi connectivity index (χ2n) is 3.13. The minimum absolute atomic E-state index is 0.246. The van der Waals surface area contributed by atoms with E-state index in [1.165, 1.54) is 6.07 Å². The predicted octanol–water partition coefficient (Wildman–Crippen LogP) is 4.22. The molecule has 0 heterocycles.